The summed E-state index contributed by atoms with van der Waals surface area (Å²) in [5, 5.41) is 0. The van der Waals surface area contributed by atoms with Gasteiger partial charge in [-0.25, -0.2) is 4.98 Å². The molecule has 2 aromatic rings. The van der Waals surface area contributed by atoms with Gasteiger partial charge in [-0.1, -0.05) is 5.92 Å². The number of imidazole rings is 1. The molecule has 20 heavy (non-hydrogen) atoms. The Balaban J connectivity index is 2.46. The number of hydrogen-bond acceptors (Lipinski definition) is 4. The largest absolute Gasteiger partial charge is 0.497 e. The first kappa shape index (κ1) is 14.8. The van der Waals surface area contributed by atoms with E-state index in [0.717, 1.165) is 34.8 Å². The van der Waals surface area contributed by atoms with E-state index < -0.39 is 0 Å². The second-order valence-electron chi connectivity index (χ2n) is 4.50. The SMILES string of the molecule is C#CCn1c(C(N)CCSC)nc2cc(OC)ccc21. The molecule has 2 rings (SSSR count). The number of benzene rings is 1. The minimum Gasteiger partial charge on any atom is -0.497 e. The number of methoxy groups -OCH3 is 1. The summed E-state index contributed by atoms with van der Waals surface area (Å²) in [6.07, 6.45) is 8.42. The van der Waals surface area contributed by atoms with Crippen molar-refractivity contribution in [2.24, 2.45) is 5.73 Å². The van der Waals surface area contributed by atoms with Gasteiger partial charge in [0.15, 0.2) is 0 Å². The van der Waals surface area contributed by atoms with Crippen molar-refractivity contribution in [3.05, 3.63) is 24.0 Å². The van der Waals surface area contributed by atoms with Crippen LogP contribution in [0.15, 0.2) is 18.2 Å². The van der Waals surface area contributed by atoms with Gasteiger partial charge in [-0.3, -0.25) is 0 Å². The lowest BCUT2D eigenvalue weighted by Gasteiger charge is -2.12. The lowest BCUT2D eigenvalue weighted by atomic mass is 10.2. The second-order valence-corrected chi connectivity index (χ2v) is 5.49. The average molecular weight is 289 g/mol. The van der Waals surface area contributed by atoms with E-state index in [-0.39, 0.29) is 6.04 Å². The normalized spacial score (nSPS) is 12.3. The van der Waals surface area contributed by atoms with Crippen molar-refractivity contribution in [1.82, 2.24) is 9.55 Å². The molecule has 0 bridgehead atoms. The van der Waals surface area contributed by atoms with E-state index in [1.165, 1.54) is 0 Å². The number of nitrogens with two attached hydrogens (primary N) is 1. The zero-order valence-electron chi connectivity index (χ0n) is 11.8. The monoisotopic (exact) mass is 289 g/mol. The summed E-state index contributed by atoms with van der Waals surface area (Å²) >= 11 is 1.78. The molecule has 4 nitrogen and oxygen atoms in total. The van der Waals surface area contributed by atoms with Gasteiger partial charge in [0.2, 0.25) is 0 Å². The van der Waals surface area contributed by atoms with Gasteiger partial charge in [0, 0.05) is 6.07 Å². The van der Waals surface area contributed by atoms with E-state index >= 15 is 0 Å². The molecule has 1 atom stereocenters. The summed E-state index contributed by atoms with van der Waals surface area (Å²) < 4.78 is 7.25. The third-order valence-electron chi connectivity index (χ3n) is 3.20. The molecule has 2 N–H and O–H groups in total. The molecule has 106 valence electrons. The second kappa shape index (κ2) is 6.69. The van der Waals surface area contributed by atoms with Gasteiger partial charge < -0.3 is 15.0 Å². The number of hydrogen-bond donors (Lipinski definition) is 1. The van der Waals surface area contributed by atoms with Gasteiger partial charge in [0.05, 0.1) is 30.7 Å². The molecular formula is C15H19N3OS. The summed E-state index contributed by atoms with van der Waals surface area (Å²) in [5.41, 5.74) is 8.12. The van der Waals surface area contributed by atoms with Crippen molar-refractivity contribution in [3.63, 3.8) is 0 Å². The predicted molar refractivity (Wildman–Crippen MR) is 85.0 cm³/mol. The maximum atomic E-state index is 6.25. The summed E-state index contributed by atoms with van der Waals surface area (Å²) in [4.78, 5) is 4.65. The molecule has 0 amide bonds. The summed E-state index contributed by atoms with van der Waals surface area (Å²) in [6.45, 7) is 0.477. The number of thioether (sulfide) groups is 1. The molecule has 1 unspecified atom stereocenters. The van der Waals surface area contributed by atoms with Crippen LogP contribution in [0.1, 0.15) is 18.3 Å². The number of terminal acetylenes is 1. The molecule has 1 heterocycles. The fraction of sp³-hybridized carbons (Fsp3) is 0.400. The molecule has 0 aliphatic carbocycles. The third-order valence-corrected chi connectivity index (χ3v) is 3.84. The van der Waals surface area contributed by atoms with Gasteiger partial charge in [-0.15, -0.1) is 6.42 Å². The van der Waals surface area contributed by atoms with Crippen molar-refractivity contribution < 1.29 is 4.74 Å². The molecule has 0 radical (unpaired) electrons. The molecule has 0 fully saturated rings. The smallest absolute Gasteiger partial charge is 0.127 e. The Kier molecular flexibility index (Phi) is 4.94. The first-order valence-corrected chi connectivity index (χ1v) is 7.82. The van der Waals surface area contributed by atoms with Crippen molar-refractivity contribution >= 4 is 22.8 Å². The molecule has 0 saturated heterocycles. The quantitative estimate of drug-likeness (QED) is 0.830. The van der Waals surface area contributed by atoms with Gasteiger partial charge in [-0.2, -0.15) is 11.8 Å². The Bertz CT molecular complexity index is 630. The van der Waals surface area contributed by atoms with Crippen LogP contribution in [0, 0.1) is 12.3 Å². The highest BCUT2D eigenvalue weighted by molar-refractivity contribution is 7.98. The topological polar surface area (TPSA) is 53.1 Å². The number of rotatable bonds is 6. The highest BCUT2D eigenvalue weighted by Gasteiger charge is 2.16. The van der Waals surface area contributed by atoms with Crippen molar-refractivity contribution in [2.75, 3.05) is 19.1 Å². The fourth-order valence-corrected chi connectivity index (χ4v) is 2.66. The lowest BCUT2D eigenvalue weighted by Crippen LogP contribution is -2.17. The van der Waals surface area contributed by atoms with E-state index in [1.54, 1.807) is 18.9 Å². The standard InChI is InChI=1S/C15H19N3OS/c1-4-8-18-14-6-5-11(19-2)10-13(14)17-15(18)12(16)7-9-20-3/h1,5-6,10,12H,7-9,16H2,2-3H3. The van der Waals surface area contributed by atoms with Gasteiger partial charge in [-0.05, 0) is 30.6 Å². The average Bonchev–Trinajstić information content (AvgIpc) is 2.83. The van der Waals surface area contributed by atoms with E-state index in [2.05, 4.69) is 17.2 Å². The molecule has 0 saturated carbocycles. The Morgan fingerprint density at radius 3 is 3.00 bits per heavy atom. The van der Waals surface area contributed by atoms with Crippen molar-refractivity contribution in [1.29, 1.82) is 0 Å². The number of ether oxygens (including phenoxy) is 1. The van der Waals surface area contributed by atoms with Crippen molar-refractivity contribution in [3.8, 4) is 18.1 Å². The Morgan fingerprint density at radius 1 is 1.55 bits per heavy atom. The number of nitrogens with zero attached hydrogens (tertiary/aromatic N) is 2. The third kappa shape index (κ3) is 2.92. The van der Waals surface area contributed by atoms with Gasteiger partial charge in [0.1, 0.15) is 11.6 Å². The van der Waals surface area contributed by atoms with E-state index in [9.17, 15) is 0 Å². The summed E-state index contributed by atoms with van der Waals surface area (Å²) in [7, 11) is 1.64. The van der Waals surface area contributed by atoms with Crippen LogP contribution in [0.4, 0.5) is 0 Å². The van der Waals surface area contributed by atoms with Crippen LogP contribution < -0.4 is 10.5 Å². The predicted octanol–water partition coefficient (Wildman–Crippen LogP) is 2.43. The maximum absolute atomic E-state index is 6.25. The van der Waals surface area contributed by atoms with Crippen LogP contribution >= 0.6 is 11.8 Å². The van der Waals surface area contributed by atoms with Crippen LogP contribution in [-0.4, -0.2) is 28.7 Å². The van der Waals surface area contributed by atoms with Crippen LogP contribution in [0.3, 0.4) is 0 Å². The Morgan fingerprint density at radius 2 is 2.35 bits per heavy atom. The Labute approximate surface area is 123 Å². The molecule has 0 aliphatic rings. The highest BCUT2D eigenvalue weighted by atomic mass is 32.2. The van der Waals surface area contributed by atoms with E-state index in [0.29, 0.717) is 6.54 Å². The van der Waals surface area contributed by atoms with Crippen LogP contribution in [0.25, 0.3) is 11.0 Å². The first-order valence-electron chi connectivity index (χ1n) is 6.43. The molecule has 5 heteroatoms. The van der Waals surface area contributed by atoms with Crippen LogP contribution in [-0.2, 0) is 6.54 Å². The molecule has 0 aliphatic heterocycles. The minimum atomic E-state index is -0.103. The maximum Gasteiger partial charge on any atom is 0.127 e. The summed E-state index contributed by atoms with van der Waals surface area (Å²) in [6, 6.07) is 5.69. The number of aromatic nitrogens is 2. The van der Waals surface area contributed by atoms with E-state index in [1.807, 2.05) is 22.8 Å². The Hall–Kier alpha value is -1.64. The zero-order chi connectivity index (χ0) is 14.5. The van der Waals surface area contributed by atoms with Gasteiger partial charge >= 0.3 is 0 Å². The minimum absolute atomic E-state index is 0.103. The lowest BCUT2D eigenvalue weighted by molar-refractivity contribution is 0.415. The summed E-state index contributed by atoms with van der Waals surface area (Å²) in [5.74, 6) is 5.31. The fourth-order valence-electron chi connectivity index (χ4n) is 2.17. The van der Waals surface area contributed by atoms with Crippen LogP contribution in [0.5, 0.6) is 5.75 Å². The highest BCUT2D eigenvalue weighted by Crippen LogP contribution is 2.25. The molecule has 1 aromatic heterocycles. The van der Waals surface area contributed by atoms with Crippen LogP contribution in [0.2, 0.25) is 0 Å². The van der Waals surface area contributed by atoms with E-state index in [4.69, 9.17) is 16.9 Å². The van der Waals surface area contributed by atoms with Crippen molar-refractivity contribution in [2.45, 2.75) is 19.0 Å². The molecular weight excluding hydrogens is 270 g/mol. The number of fused-ring (bicyclic) bond motifs is 1. The zero-order valence-corrected chi connectivity index (χ0v) is 12.6. The first-order chi connectivity index (χ1) is 9.71. The van der Waals surface area contributed by atoms with Gasteiger partial charge in [0.25, 0.3) is 0 Å². The molecule has 1 aromatic carbocycles. The molecule has 0 spiro atoms.